The van der Waals surface area contributed by atoms with Gasteiger partial charge in [0.2, 0.25) is 9.84 Å². The van der Waals surface area contributed by atoms with Crippen LogP contribution >= 0.6 is 0 Å². The first kappa shape index (κ1) is 17.4. The lowest BCUT2D eigenvalue weighted by Gasteiger charge is -2.40. The fraction of sp³-hybridized carbons (Fsp3) is 0.647. The minimum absolute atomic E-state index is 0.103. The van der Waals surface area contributed by atoms with Gasteiger partial charge < -0.3 is 9.47 Å². The quantitative estimate of drug-likeness (QED) is 0.847. The zero-order valence-corrected chi connectivity index (χ0v) is 14.8. The Bertz CT molecular complexity index is 602. The van der Waals surface area contributed by atoms with Gasteiger partial charge in [-0.1, -0.05) is 31.5 Å². The van der Waals surface area contributed by atoms with Crippen molar-refractivity contribution in [3.8, 4) is 0 Å². The van der Waals surface area contributed by atoms with Gasteiger partial charge in [0.15, 0.2) is 11.2 Å². The lowest BCUT2D eigenvalue weighted by molar-refractivity contribution is -0.285. The Morgan fingerprint density at radius 1 is 1.18 bits per heavy atom. The molecule has 22 heavy (non-hydrogen) atoms. The molecule has 124 valence electrons. The molecule has 0 aromatic heterocycles. The fourth-order valence-electron chi connectivity index (χ4n) is 2.80. The van der Waals surface area contributed by atoms with Crippen molar-refractivity contribution in [2.24, 2.45) is 5.92 Å². The zero-order chi connectivity index (χ0) is 16.5. The summed E-state index contributed by atoms with van der Waals surface area (Å²) in [5, 5.41) is 0. The second-order valence-electron chi connectivity index (χ2n) is 6.91. The Balaban J connectivity index is 2.27. The van der Waals surface area contributed by atoms with Crippen molar-refractivity contribution in [2.75, 3.05) is 0 Å². The maximum atomic E-state index is 12.8. The summed E-state index contributed by atoms with van der Waals surface area (Å²) in [6, 6.07) is 6.91. The molecule has 1 saturated heterocycles. The molecule has 1 aliphatic rings. The molecule has 1 unspecified atom stereocenters. The molecule has 2 rings (SSSR count). The van der Waals surface area contributed by atoms with E-state index >= 15 is 0 Å². The first-order valence-electron chi connectivity index (χ1n) is 7.76. The first-order chi connectivity index (χ1) is 10.1. The van der Waals surface area contributed by atoms with Gasteiger partial charge in [0.1, 0.15) is 0 Å². The van der Waals surface area contributed by atoms with Crippen molar-refractivity contribution < 1.29 is 17.9 Å². The lowest BCUT2D eigenvalue weighted by atomic mass is 10.0. The van der Waals surface area contributed by atoms with Crippen LogP contribution in [0, 0.1) is 12.8 Å². The van der Waals surface area contributed by atoms with E-state index in [1.54, 1.807) is 26.0 Å². The van der Waals surface area contributed by atoms with Gasteiger partial charge in [-0.25, -0.2) is 8.42 Å². The summed E-state index contributed by atoms with van der Waals surface area (Å²) in [4.78, 5) is 0.309. The molecule has 0 bridgehead atoms. The molecule has 1 fully saturated rings. The van der Waals surface area contributed by atoms with Gasteiger partial charge in [-0.05, 0) is 45.2 Å². The second-order valence-corrected chi connectivity index (χ2v) is 9.00. The molecule has 5 heteroatoms. The van der Waals surface area contributed by atoms with Gasteiger partial charge in [-0.15, -0.1) is 0 Å². The van der Waals surface area contributed by atoms with Gasteiger partial charge in [0.25, 0.3) is 0 Å². The van der Waals surface area contributed by atoms with Crippen molar-refractivity contribution in [2.45, 2.75) is 69.7 Å². The van der Waals surface area contributed by atoms with Crippen molar-refractivity contribution in [1.82, 2.24) is 0 Å². The van der Waals surface area contributed by atoms with E-state index in [1.807, 2.05) is 19.1 Å². The molecule has 1 heterocycles. The largest absolute Gasteiger partial charge is 0.347 e. The van der Waals surface area contributed by atoms with E-state index in [2.05, 4.69) is 13.8 Å². The maximum absolute atomic E-state index is 12.8. The number of benzene rings is 1. The van der Waals surface area contributed by atoms with Crippen LogP contribution in [0.5, 0.6) is 0 Å². The Morgan fingerprint density at radius 2 is 1.77 bits per heavy atom. The molecule has 4 nitrogen and oxygen atoms in total. The Labute approximate surface area is 133 Å². The smallest absolute Gasteiger partial charge is 0.205 e. The third kappa shape index (κ3) is 4.09. The van der Waals surface area contributed by atoms with Crippen LogP contribution in [-0.2, 0) is 19.3 Å². The standard InChI is InChI=1S/C17H26O4S/c1-12(2)10-14-11-16(21-17(4,5)20-14)22(18,19)15-8-6-13(3)7-9-15/h6-9,12,14,16H,10-11H2,1-5H3/t14-,16?/m1/s1. The van der Waals surface area contributed by atoms with E-state index in [-0.39, 0.29) is 6.10 Å². The molecule has 1 aromatic carbocycles. The Kier molecular flexibility index (Phi) is 5.00. The average molecular weight is 326 g/mol. The third-order valence-corrected chi connectivity index (χ3v) is 5.66. The van der Waals surface area contributed by atoms with Crippen LogP contribution in [-0.4, -0.2) is 25.7 Å². The number of sulfone groups is 1. The summed E-state index contributed by atoms with van der Waals surface area (Å²) < 4.78 is 37.3. The highest BCUT2D eigenvalue weighted by atomic mass is 32.2. The van der Waals surface area contributed by atoms with Crippen LogP contribution in [0.25, 0.3) is 0 Å². The van der Waals surface area contributed by atoms with Gasteiger partial charge >= 0.3 is 0 Å². The van der Waals surface area contributed by atoms with E-state index in [1.165, 1.54) is 0 Å². The van der Waals surface area contributed by atoms with Gasteiger partial charge in [0.05, 0.1) is 11.0 Å². The lowest BCUT2D eigenvalue weighted by Crippen LogP contribution is -2.47. The fourth-order valence-corrected chi connectivity index (χ4v) is 4.44. The molecule has 0 amide bonds. The van der Waals surface area contributed by atoms with E-state index in [0.717, 1.165) is 12.0 Å². The summed E-state index contributed by atoms with van der Waals surface area (Å²) in [7, 11) is -3.52. The predicted molar refractivity (Wildman–Crippen MR) is 86.3 cm³/mol. The van der Waals surface area contributed by atoms with E-state index < -0.39 is 21.1 Å². The van der Waals surface area contributed by atoms with Crippen LogP contribution in [0.4, 0.5) is 0 Å². The number of aryl methyl sites for hydroxylation is 1. The summed E-state index contributed by atoms with van der Waals surface area (Å²) in [5.41, 5.74) is 0.174. The third-order valence-electron chi connectivity index (χ3n) is 3.75. The second kappa shape index (κ2) is 6.30. The number of hydrogen-bond acceptors (Lipinski definition) is 4. The molecule has 0 aliphatic carbocycles. The molecule has 0 radical (unpaired) electrons. The number of ether oxygens (including phenoxy) is 2. The minimum Gasteiger partial charge on any atom is -0.347 e. The minimum atomic E-state index is -3.52. The van der Waals surface area contributed by atoms with E-state index in [4.69, 9.17) is 9.47 Å². The summed E-state index contributed by atoms with van der Waals surface area (Å²) in [6.07, 6.45) is 1.10. The predicted octanol–water partition coefficient (Wildman–Crippen LogP) is 3.68. The zero-order valence-electron chi connectivity index (χ0n) is 14.0. The molecule has 0 N–H and O–H groups in total. The molecule has 2 atom stereocenters. The van der Waals surface area contributed by atoms with Gasteiger partial charge in [-0.2, -0.15) is 0 Å². The van der Waals surface area contributed by atoms with Crippen molar-refractivity contribution >= 4 is 9.84 Å². The first-order valence-corrected chi connectivity index (χ1v) is 9.31. The van der Waals surface area contributed by atoms with Gasteiger partial charge in [-0.3, -0.25) is 0 Å². The highest BCUT2D eigenvalue weighted by molar-refractivity contribution is 7.91. The number of rotatable bonds is 4. The average Bonchev–Trinajstić information content (AvgIpc) is 2.36. The van der Waals surface area contributed by atoms with E-state index in [0.29, 0.717) is 17.2 Å². The normalized spacial score (nSPS) is 25.4. The van der Waals surface area contributed by atoms with Crippen molar-refractivity contribution in [3.63, 3.8) is 0 Å². The monoisotopic (exact) mass is 326 g/mol. The van der Waals surface area contributed by atoms with Crippen LogP contribution in [0.15, 0.2) is 29.2 Å². The van der Waals surface area contributed by atoms with Crippen LogP contribution in [0.1, 0.15) is 46.1 Å². The Morgan fingerprint density at radius 3 is 2.32 bits per heavy atom. The van der Waals surface area contributed by atoms with Gasteiger partial charge in [0, 0.05) is 6.42 Å². The van der Waals surface area contributed by atoms with Crippen molar-refractivity contribution in [3.05, 3.63) is 29.8 Å². The van der Waals surface area contributed by atoms with Crippen LogP contribution < -0.4 is 0 Å². The van der Waals surface area contributed by atoms with Crippen LogP contribution in [0.2, 0.25) is 0 Å². The molecular weight excluding hydrogens is 300 g/mol. The Hall–Kier alpha value is -0.910. The molecule has 0 spiro atoms. The van der Waals surface area contributed by atoms with Crippen molar-refractivity contribution in [1.29, 1.82) is 0 Å². The summed E-state index contributed by atoms with van der Waals surface area (Å²) >= 11 is 0. The molecular formula is C17H26O4S. The maximum Gasteiger partial charge on any atom is 0.205 e. The highest BCUT2D eigenvalue weighted by Crippen LogP contribution is 2.34. The number of hydrogen-bond donors (Lipinski definition) is 0. The van der Waals surface area contributed by atoms with E-state index in [9.17, 15) is 8.42 Å². The molecule has 0 saturated carbocycles. The molecule has 1 aliphatic heterocycles. The SMILES string of the molecule is Cc1ccc(S(=O)(=O)C2C[C@@H](CC(C)C)OC(C)(C)O2)cc1. The summed E-state index contributed by atoms with van der Waals surface area (Å²) in [6.45, 7) is 9.70. The topological polar surface area (TPSA) is 52.6 Å². The highest BCUT2D eigenvalue weighted by Gasteiger charge is 2.42. The molecule has 1 aromatic rings. The summed E-state index contributed by atoms with van der Waals surface area (Å²) in [5.74, 6) is -0.443. The van der Waals surface area contributed by atoms with Crippen LogP contribution in [0.3, 0.4) is 0 Å².